The lowest BCUT2D eigenvalue weighted by molar-refractivity contribution is -0.123. The summed E-state index contributed by atoms with van der Waals surface area (Å²) >= 11 is 0. The zero-order valence-electron chi connectivity index (χ0n) is 23.6. The Kier molecular flexibility index (Phi) is 10.9. The van der Waals surface area contributed by atoms with Crippen LogP contribution in [-0.2, 0) is 26.0 Å². The van der Waals surface area contributed by atoms with Gasteiger partial charge in [0, 0.05) is 6.54 Å². The lowest BCUT2D eigenvalue weighted by atomic mass is 10.1. The van der Waals surface area contributed by atoms with Gasteiger partial charge in [-0.25, -0.2) is 13.8 Å². The summed E-state index contributed by atoms with van der Waals surface area (Å²) in [6.45, 7) is -0.0571. The fourth-order valence-electron chi connectivity index (χ4n) is 3.89. The second kappa shape index (κ2) is 15.2. The van der Waals surface area contributed by atoms with E-state index in [1.165, 1.54) is 6.21 Å². The van der Waals surface area contributed by atoms with Crippen LogP contribution in [0.5, 0.6) is 17.2 Å². The number of sulfonamides is 1. The van der Waals surface area contributed by atoms with Gasteiger partial charge in [0.15, 0.2) is 6.61 Å². The van der Waals surface area contributed by atoms with Gasteiger partial charge < -0.3 is 14.8 Å². The second-order valence-corrected chi connectivity index (χ2v) is 11.3. The smallest absolute Gasteiger partial charge is 0.260 e. The number of para-hydroxylation sites is 1. The first kappa shape index (κ1) is 30.8. The molecule has 4 aromatic carbocycles. The van der Waals surface area contributed by atoms with Crippen LogP contribution in [0.4, 0.5) is 5.69 Å². The number of hydrogen-bond acceptors (Lipinski definition) is 7. The van der Waals surface area contributed by atoms with E-state index in [1.807, 2.05) is 48.5 Å². The molecule has 2 N–H and O–H groups in total. The molecule has 4 aromatic rings. The normalized spacial score (nSPS) is 11.1. The van der Waals surface area contributed by atoms with Gasteiger partial charge in [-0.05, 0) is 78.2 Å². The van der Waals surface area contributed by atoms with Crippen molar-refractivity contribution in [3.63, 3.8) is 0 Å². The zero-order chi connectivity index (χ0) is 30.5. The van der Waals surface area contributed by atoms with Gasteiger partial charge in [-0.3, -0.25) is 13.9 Å². The van der Waals surface area contributed by atoms with E-state index in [1.54, 1.807) is 60.7 Å². The van der Waals surface area contributed by atoms with Crippen LogP contribution in [0.2, 0.25) is 0 Å². The van der Waals surface area contributed by atoms with Crippen molar-refractivity contribution in [3.8, 4) is 17.2 Å². The van der Waals surface area contributed by atoms with Crippen LogP contribution in [0.1, 0.15) is 11.1 Å². The number of rotatable bonds is 14. The van der Waals surface area contributed by atoms with Gasteiger partial charge in [-0.2, -0.15) is 5.10 Å². The Morgan fingerprint density at radius 2 is 1.40 bits per heavy atom. The summed E-state index contributed by atoms with van der Waals surface area (Å²) in [5, 5.41) is 6.75. The molecule has 0 radical (unpaired) electrons. The number of carbonyl (C=O) groups excluding carboxylic acids is 2. The van der Waals surface area contributed by atoms with E-state index in [9.17, 15) is 18.0 Å². The molecule has 0 fully saturated rings. The molecule has 2 amide bonds. The average molecular weight is 601 g/mol. The highest BCUT2D eigenvalue weighted by Crippen LogP contribution is 2.25. The van der Waals surface area contributed by atoms with E-state index >= 15 is 0 Å². The first-order chi connectivity index (χ1) is 20.8. The van der Waals surface area contributed by atoms with Crippen molar-refractivity contribution in [2.45, 2.75) is 6.42 Å². The molecule has 0 aliphatic heterocycles. The van der Waals surface area contributed by atoms with Crippen LogP contribution in [-0.4, -0.2) is 52.4 Å². The van der Waals surface area contributed by atoms with E-state index in [4.69, 9.17) is 9.47 Å². The Labute approximate surface area is 251 Å². The van der Waals surface area contributed by atoms with Gasteiger partial charge in [0.25, 0.3) is 11.8 Å². The maximum atomic E-state index is 12.5. The van der Waals surface area contributed by atoms with Gasteiger partial charge in [-0.1, -0.05) is 48.5 Å². The quantitative estimate of drug-likeness (QED) is 0.166. The highest BCUT2D eigenvalue weighted by atomic mass is 32.2. The molecule has 10 nitrogen and oxygen atoms in total. The van der Waals surface area contributed by atoms with Crippen LogP contribution in [0.15, 0.2) is 114 Å². The van der Waals surface area contributed by atoms with Crippen LogP contribution in [0.3, 0.4) is 0 Å². The molecule has 0 atom stereocenters. The number of nitrogens with zero attached hydrogens (tertiary/aromatic N) is 2. The van der Waals surface area contributed by atoms with E-state index in [2.05, 4.69) is 15.8 Å². The first-order valence-corrected chi connectivity index (χ1v) is 15.3. The summed E-state index contributed by atoms with van der Waals surface area (Å²) in [5.41, 5.74) is 4.46. The molecular formula is C32H32N4O6S. The van der Waals surface area contributed by atoms with Gasteiger partial charge in [0.1, 0.15) is 23.8 Å². The average Bonchev–Trinajstić information content (AvgIpc) is 3.00. The Morgan fingerprint density at radius 1 is 0.791 bits per heavy atom. The summed E-state index contributed by atoms with van der Waals surface area (Å²) in [5.74, 6) is 0.833. The van der Waals surface area contributed by atoms with Gasteiger partial charge in [0.05, 0.1) is 18.2 Å². The lowest BCUT2D eigenvalue weighted by Gasteiger charge is -2.21. The van der Waals surface area contributed by atoms with Gasteiger partial charge in [0.2, 0.25) is 10.0 Å². The summed E-state index contributed by atoms with van der Waals surface area (Å²) < 4.78 is 37.1. The van der Waals surface area contributed by atoms with Crippen molar-refractivity contribution in [1.29, 1.82) is 0 Å². The summed E-state index contributed by atoms with van der Waals surface area (Å²) in [6, 6.07) is 32.2. The first-order valence-electron chi connectivity index (χ1n) is 13.4. The molecule has 0 bridgehead atoms. The largest absolute Gasteiger partial charge is 0.484 e. The predicted octanol–water partition coefficient (Wildman–Crippen LogP) is 4.13. The minimum Gasteiger partial charge on any atom is -0.484 e. The Morgan fingerprint density at radius 3 is 2.05 bits per heavy atom. The third-order valence-electron chi connectivity index (χ3n) is 6.02. The molecule has 0 spiro atoms. The van der Waals surface area contributed by atoms with E-state index in [-0.39, 0.29) is 12.5 Å². The monoisotopic (exact) mass is 600 g/mol. The van der Waals surface area contributed by atoms with E-state index in [0.717, 1.165) is 22.5 Å². The van der Waals surface area contributed by atoms with Crippen LogP contribution in [0.25, 0.3) is 0 Å². The summed E-state index contributed by atoms with van der Waals surface area (Å²) in [6.07, 6.45) is 3.18. The zero-order valence-corrected chi connectivity index (χ0v) is 24.4. The fourth-order valence-corrected chi connectivity index (χ4v) is 4.75. The SMILES string of the molecule is CS(=O)(=O)N(CC(=O)N/N=C\c1ccc(OCC(=O)NCCc2ccccc2)cc1)c1ccc(Oc2ccccc2)cc1. The molecule has 43 heavy (non-hydrogen) atoms. The number of hydrazone groups is 1. The molecule has 0 unspecified atom stereocenters. The molecule has 0 heterocycles. The van der Waals surface area contributed by atoms with E-state index < -0.39 is 22.5 Å². The number of benzene rings is 4. The molecule has 0 aliphatic rings. The van der Waals surface area contributed by atoms with Crippen molar-refractivity contribution in [2.75, 3.05) is 30.3 Å². The number of anilines is 1. The highest BCUT2D eigenvalue weighted by Gasteiger charge is 2.21. The molecular weight excluding hydrogens is 568 g/mol. The maximum Gasteiger partial charge on any atom is 0.260 e. The van der Waals surface area contributed by atoms with E-state index in [0.29, 0.717) is 35.0 Å². The number of nitrogens with one attached hydrogen (secondary N) is 2. The van der Waals surface area contributed by atoms with Crippen LogP contribution >= 0.6 is 0 Å². The molecule has 4 rings (SSSR count). The molecule has 0 saturated heterocycles. The second-order valence-electron chi connectivity index (χ2n) is 9.42. The van der Waals surface area contributed by atoms with Crippen molar-refractivity contribution in [2.24, 2.45) is 5.10 Å². The van der Waals surface area contributed by atoms with Gasteiger partial charge >= 0.3 is 0 Å². The molecule has 0 aliphatic carbocycles. The Bertz CT molecular complexity index is 1610. The number of carbonyl (C=O) groups is 2. The molecule has 222 valence electrons. The molecule has 0 saturated carbocycles. The van der Waals surface area contributed by atoms with Crippen molar-refractivity contribution in [1.82, 2.24) is 10.7 Å². The number of hydrogen-bond donors (Lipinski definition) is 2. The standard InChI is InChI=1S/C32H32N4O6S/c1-43(39,40)36(27-14-18-30(19-15-27)42-29-10-6-3-7-11-29)23-31(37)35-34-22-26-12-16-28(17-13-26)41-24-32(38)33-21-20-25-8-4-2-5-9-25/h2-19,22H,20-21,23-24H2,1H3,(H,33,38)(H,35,37)/b34-22-. The third-order valence-corrected chi connectivity index (χ3v) is 7.16. The molecule has 11 heteroatoms. The Hall–Kier alpha value is -5.16. The minimum atomic E-state index is -3.76. The highest BCUT2D eigenvalue weighted by molar-refractivity contribution is 7.92. The topological polar surface area (TPSA) is 126 Å². The maximum absolute atomic E-state index is 12.5. The summed E-state index contributed by atoms with van der Waals surface area (Å²) in [4.78, 5) is 24.6. The predicted molar refractivity (Wildman–Crippen MR) is 166 cm³/mol. The van der Waals surface area contributed by atoms with Crippen LogP contribution < -0.4 is 24.5 Å². The fraction of sp³-hybridized carbons (Fsp3) is 0.156. The number of ether oxygens (including phenoxy) is 2. The van der Waals surface area contributed by atoms with Gasteiger partial charge in [-0.15, -0.1) is 0 Å². The van der Waals surface area contributed by atoms with Crippen molar-refractivity contribution >= 4 is 33.7 Å². The van der Waals surface area contributed by atoms with Crippen LogP contribution in [0, 0.1) is 0 Å². The van der Waals surface area contributed by atoms with Crippen molar-refractivity contribution in [3.05, 3.63) is 120 Å². The lowest BCUT2D eigenvalue weighted by Crippen LogP contribution is -2.38. The Balaban J connectivity index is 1.22. The number of amides is 2. The molecule has 0 aromatic heterocycles. The van der Waals surface area contributed by atoms with Crippen molar-refractivity contribution < 1.29 is 27.5 Å². The third kappa shape index (κ3) is 10.3. The minimum absolute atomic E-state index is 0.113. The summed E-state index contributed by atoms with van der Waals surface area (Å²) in [7, 11) is -3.76.